The van der Waals surface area contributed by atoms with Gasteiger partial charge in [-0.25, -0.2) is 0 Å². The third kappa shape index (κ3) is 3.21. The highest BCUT2D eigenvalue weighted by Crippen LogP contribution is 2.66. The maximum Gasteiger partial charge on any atom is 0.238 e. The third-order valence-electron chi connectivity index (χ3n) is 8.22. The molecule has 3 aromatic carbocycles. The van der Waals surface area contributed by atoms with Crippen LogP contribution in [0.5, 0.6) is 0 Å². The lowest BCUT2D eigenvalue weighted by Gasteiger charge is -2.29. The molecule has 4 aromatic rings. The zero-order chi connectivity index (χ0) is 24.3. The van der Waals surface area contributed by atoms with Crippen molar-refractivity contribution in [2.24, 2.45) is 0 Å². The summed E-state index contributed by atoms with van der Waals surface area (Å²) < 4.78 is 0. The van der Waals surface area contributed by atoms with E-state index in [1.54, 1.807) is 0 Å². The lowest BCUT2D eigenvalue weighted by molar-refractivity contribution is -0.120. The largest absolute Gasteiger partial charge is 0.369 e. The van der Waals surface area contributed by atoms with Gasteiger partial charge in [0.05, 0.1) is 16.6 Å². The Labute approximate surface area is 210 Å². The van der Waals surface area contributed by atoms with Gasteiger partial charge in [0.2, 0.25) is 5.91 Å². The molecule has 6 nitrogen and oxygen atoms in total. The van der Waals surface area contributed by atoms with E-state index in [0.717, 1.165) is 60.4 Å². The van der Waals surface area contributed by atoms with E-state index in [1.807, 2.05) is 30.1 Å². The molecule has 0 bridgehead atoms. The average molecular weight is 476 g/mol. The minimum absolute atomic E-state index is 0.206. The van der Waals surface area contributed by atoms with Crippen LogP contribution in [0.2, 0.25) is 0 Å². The summed E-state index contributed by atoms with van der Waals surface area (Å²) in [5.41, 5.74) is 7.37. The highest BCUT2D eigenvalue weighted by molar-refractivity contribution is 6.11. The van der Waals surface area contributed by atoms with E-state index in [2.05, 4.69) is 81.1 Å². The van der Waals surface area contributed by atoms with E-state index >= 15 is 0 Å². The zero-order valence-corrected chi connectivity index (χ0v) is 20.4. The van der Waals surface area contributed by atoms with Crippen LogP contribution in [0.25, 0.3) is 23.1 Å². The predicted octanol–water partition coefficient (Wildman–Crippen LogP) is 4.54. The van der Waals surface area contributed by atoms with Crippen molar-refractivity contribution in [2.45, 2.75) is 17.8 Å². The molecule has 6 heteroatoms. The Hall–Kier alpha value is -3.90. The summed E-state index contributed by atoms with van der Waals surface area (Å²) in [7, 11) is 1.89. The van der Waals surface area contributed by atoms with Crippen LogP contribution in [-0.4, -0.2) is 49.3 Å². The fraction of sp³-hybridized carbons (Fsp3) is 0.267. The Kier molecular flexibility index (Phi) is 4.79. The van der Waals surface area contributed by atoms with Gasteiger partial charge in [-0.2, -0.15) is 5.10 Å². The maximum absolute atomic E-state index is 13.2. The van der Waals surface area contributed by atoms with E-state index < -0.39 is 5.41 Å². The number of aromatic nitrogens is 2. The zero-order valence-electron chi connectivity index (χ0n) is 20.4. The number of aromatic amines is 1. The molecule has 1 aromatic heterocycles. The molecular formula is C30H29N5O. The molecule has 1 unspecified atom stereocenters. The molecule has 2 aliphatic heterocycles. The lowest BCUT2D eigenvalue weighted by atomic mass is 9.92. The number of amides is 1. The number of nitrogens with one attached hydrogen (secondary N) is 2. The summed E-state index contributed by atoms with van der Waals surface area (Å²) in [5, 5.41) is 12.3. The van der Waals surface area contributed by atoms with Gasteiger partial charge >= 0.3 is 0 Å². The van der Waals surface area contributed by atoms with Crippen molar-refractivity contribution >= 4 is 40.3 Å². The maximum atomic E-state index is 13.2. The van der Waals surface area contributed by atoms with Crippen molar-refractivity contribution in [3.05, 3.63) is 89.1 Å². The van der Waals surface area contributed by atoms with Gasteiger partial charge in [0.25, 0.3) is 0 Å². The molecular weight excluding hydrogens is 446 g/mol. The first kappa shape index (κ1) is 21.4. The smallest absolute Gasteiger partial charge is 0.238 e. The van der Waals surface area contributed by atoms with Gasteiger partial charge in [-0.05, 0) is 53.5 Å². The number of hydrogen-bond acceptors (Lipinski definition) is 4. The molecule has 1 saturated heterocycles. The molecule has 3 aliphatic rings. The van der Waals surface area contributed by atoms with Crippen molar-refractivity contribution in [3.63, 3.8) is 0 Å². The molecule has 0 radical (unpaired) electrons. The summed E-state index contributed by atoms with van der Waals surface area (Å²) in [5.74, 6) is 0.419. The molecule has 1 saturated carbocycles. The SMILES string of the molecule is CN1C(=O)C2(C[C@H]2c2ccc3c(/C=C/c4ccc(N5CCNCC5)cc4)n[nH]c3c2)c2ccccc21. The van der Waals surface area contributed by atoms with Crippen molar-refractivity contribution in [2.75, 3.05) is 43.0 Å². The molecule has 2 fully saturated rings. The molecule has 180 valence electrons. The first-order valence-corrected chi connectivity index (χ1v) is 12.7. The van der Waals surface area contributed by atoms with Crippen LogP contribution in [-0.2, 0) is 10.2 Å². The molecule has 1 aliphatic carbocycles. The molecule has 36 heavy (non-hydrogen) atoms. The van der Waals surface area contributed by atoms with Gasteiger partial charge in [0.15, 0.2) is 0 Å². The number of H-pyrrole nitrogens is 1. The van der Waals surface area contributed by atoms with Crippen molar-refractivity contribution < 1.29 is 4.79 Å². The van der Waals surface area contributed by atoms with Crippen molar-refractivity contribution in [1.29, 1.82) is 0 Å². The Morgan fingerprint density at radius 2 is 1.81 bits per heavy atom. The van der Waals surface area contributed by atoms with Crippen LogP contribution in [0.15, 0.2) is 66.7 Å². The van der Waals surface area contributed by atoms with E-state index in [1.165, 1.54) is 16.8 Å². The summed E-state index contributed by atoms with van der Waals surface area (Å²) in [6.07, 6.45) is 5.05. The van der Waals surface area contributed by atoms with Crippen LogP contribution in [0.4, 0.5) is 11.4 Å². The van der Waals surface area contributed by atoms with Crippen LogP contribution < -0.4 is 15.1 Å². The van der Waals surface area contributed by atoms with Gasteiger partial charge in [0.1, 0.15) is 0 Å². The number of anilines is 2. The minimum atomic E-state index is -0.404. The monoisotopic (exact) mass is 475 g/mol. The van der Waals surface area contributed by atoms with Gasteiger partial charge in [-0.15, -0.1) is 0 Å². The second-order valence-corrected chi connectivity index (χ2v) is 10.2. The standard InChI is InChI=1S/C30H29N5O/c1-34-28-5-3-2-4-24(28)30(29(34)36)19-25(30)21-9-12-23-26(32-33-27(23)18-21)13-8-20-6-10-22(11-7-20)35-16-14-31-15-17-35/h2-13,18,25,31H,14-17,19H2,1H3,(H,32,33)/b13-8+/t25-,30?/m0/s1. The molecule has 7 rings (SSSR count). The molecule has 2 N–H and O–H groups in total. The number of benzene rings is 3. The van der Waals surface area contributed by atoms with Crippen LogP contribution in [0, 0.1) is 0 Å². The van der Waals surface area contributed by atoms with E-state index in [-0.39, 0.29) is 11.8 Å². The lowest BCUT2D eigenvalue weighted by Crippen LogP contribution is -2.43. The van der Waals surface area contributed by atoms with E-state index in [4.69, 9.17) is 0 Å². The van der Waals surface area contributed by atoms with Crippen LogP contribution >= 0.6 is 0 Å². The van der Waals surface area contributed by atoms with Crippen molar-refractivity contribution in [1.82, 2.24) is 15.5 Å². The van der Waals surface area contributed by atoms with E-state index in [0.29, 0.717) is 0 Å². The number of nitrogens with zero attached hydrogens (tertiary/aromatic N) is 3. The van der Waals surface area contributed by atoms with Crippen LogP contribution in [0.3, 0.4) is 0 Å². The van der Waals surface area contributed by atoms with E-state index in [9.17, 15) is 4.79 Å². The topological polar surface area (TPSA) is 64.3 Å². The average Bonchev–Trinajstić information content (AvgIpc) is 3.51. The Balaban J connectivity index is 1.12. The number of carbonyl (C=O) groups excluding carboxylic acids is 1. The molecule has 1 amide bonds. The molecule has 1 spiro atoms. The summed E-state index contributed by atoms with van der Waals surface area (Å²) >= 11 is 0. The highest BCUT2D eigenvalue weighted by Gasteiger charge is 2.66. The fourth-order valence-corrected chi connectivity index (χ4v) is 6.16. The number of likely N-dealkylation sites (N-methyl/N-ethyl adjacent to an activating group) is 1. The van der Waals surface area contributed by atoms with Crippen LogP contribution in [0.1, 0.15) is 34.7 Å². The number of piperazine rings is 1. The second-order valence-electron chi connectivity index (χ2n) is 10.2. The van der Waals surface area contributed by atoms with Gasteiger partial charge in [-0.1, -0.05) is 48.5 Å². The quantitative estimate of drug-likeness (QED) is 0.455. The highest BCUT2D eigenvalue weighted by atomic mass is 16.2. The van der Waals surface area contributed by atoms with Gasteiger partial charge in [0, 0.05) is 55.9 Å². The number of fused-ring (bicyclic) bond motifs is 3. The first-order valence-electron chi connectivity index (χ1n) is 12.7. The normalized spacial score (nSPS) is 23.2. The first-order chi connectivity index (χ1) is 17.6. The summed E-state index contributed by atoms with van der Waals surface area (Å²) in [6, 6.07) is 23.4. The Morgan fingerprint density at radius 3 is 2.64 bits per heavy atom. The molecule has 3 heterocycles. The number of rotatable bonds is 4. The van der Waals surface area contributed by atoms with Crippen molar-refractivity contribution in [3.8, 4) is 0 Å². The third-order valence-corrected chi connectivity index (χ3v) is 8.22. The summed E-state index contributed by atoms with van der Waals surface area (Å²) in [6.45, 7) is 4.18. The van der Waals surface area contributed by atoms with Gasteiger partial charge < -0.3 is 15.1 Å². The number of para-hydroxylation sites is 1. The number of hydrogen-bond donors (Lipinski definition) is 2. The predicted molar refractivity (Wildman–Crippen MR) is 145 cm³/mol. The molecule has 2 atom stereocenters. The second kappa shape index (κ2) is 8.07. The van der Waals surface area contributed by atoms with Gasteiger partial charge in [-0.3, -0.25) is 9.89 Å². The summed E-state index contributed by atoms with van der Waals surface area (Å²) in [4.78, 5) is 17.5. The minimum Gasteiger partial charge on any atom is -0.369 e. The Morgan fingerprint density at radius 1 is 1.00 bits per heavy atom. The fourth-order valence-electron chi connectivity index (χ4n) is 6.16. The number of carbonyl (C=O) groups is 1. The Bertz CT molecular complexity index is 1500.